The maximum Gasteiger partial charge on any atom is 0.316 e. The second-order valence-electron chi connectivity index (χ2n) is 6.86. The summed E-state index contributed by atoms with van der Waals surface area (Å²) >= 11 is -1.10. The zero-order valence-corrected chi connectivity index (χ0v) is 16.4. The van der Waals surface area contributed by atoms with Crippen LogP contribution in [0.4, 0.5) is 5.82 Å². The predicted molar refractivity (Wildman–Crippen MR) is 103 cm³/mol. The SMILES string of the molecule is COc1ncc([S+]([O-])C[C@H]2C[C@@H](N(C)c3ncnc4[nH]ccc34)C2)c(C)n1. The molecule has 0 radical (unpaired) electrons. The van der Waals surface area contributed by atoms with Crippen LogP contribution in [0.5, 0.6) is 6.01 Å². The monoisotopic (exact) mass is 386 g/mol. The third-order valence-electron chi connectivity index (χ3n) is 5.15. The largest absolute Gasteiger partial charge is 0.611 e. The Morgan fingerprint density at radius 1 is 1.33 bits per heavy atom. The van der Waals surface area contributed by atoms with Crippen LogP contribution in [0, 0.1) is 12.8 Å². The molecule has 0 saturated heterocycles. The highest BCUT2D eigenvalue weighted by Crippen LogP contribution is 2.36. The first-order valence-electron chi connectivity index (χ1n) is 8.83. The smallest absolute Gasteiger partial charge is 0.316 e. The van der Waals surface area contributed by atoms with Gasteiger partial charge in [0.05, 0.1) is 24.4 Å². The zero-order valence-electron chi connectivity index (χ0n) is 15.5. The summed E-state index contributed by atoms with van der Waals surface area (Å²) in [7, 11) is 3.59. The number of aromatic amines is 1. The van der Waals surface area contributed by atoms with Crippen molar-refractivity contribution in [2.45, 2.75) is 30.7 Å². The van der Waals surface area contributed by atoms with Gasteiger partial charge in [0.15, 0.2) is 4.90 Å². The lowest BCUT2D eigenvalue weighted by atomic mass is 9.81. The number of aromatic nitrogens is 5. The highest BCUT2D eigenvalue weighted by Gasteiger charge is 2.37. The van der Waals surface area contributed by atoms with Gasteiger partial charge in [0, 0.05) is 25.2 Å². The van der Waals surface area contributed by atoms with E-state index >= 15 is 0 Å². The van der Waals surface area contributed by atoms with Crippen LogP contribution in [0.3, 0.4) is 0 Å². The van der Waals surface area contributed by atoms with E-state index in [9.17, 15) is 4.55 Å². The number of aryl methyl sites for hydroxylation is 1. The minimum Gasteiger partial charge on any atom is -0.611 e. The summed E-state index contributed by atoms with van der Waals surface area (Å²) in [5.41, 5.74) is 1.56. The van der Waals surface area contributed by atoms with Crippen LogP contribution in [0.15, 0.2) is 29.7 Å². The van der Waals surface area contributed by atoms with E-state index in [1.807, 2.05) is 19.2 Å². The van der Waals surface area contributed by atoms with Gasteiger partial charge in [-0.2, -0.15) is 9.97 Å². The third kappa shape index (κ3) is 3.44. The topological polar surface area (TPSA) is 103 Å². The fraction of sp³-hybridized carbons (Fsp3) is 0.444. The molecule has 8 nitrogen and oxygen atoms in total. The summed E-state index contributed by atoms with van der Waals surface area (Å²) in [6.07, 6.45) is 7.07. The number of anilines is 1. The first-order valence-corrected chi connectivity index (χ1v) is 10.2. The molecule has 0 aromatic carbocycles. The van der Waals surface area contributed by atoms with Crippen LogP contribution in [-0.4, -0.2) is 55.4 Å². The van der Waals surface area contributed by atoms with Crippen LogP contribution in [0.1, 0.15) is 18.5 Å². The Balaban J connectivity index is 1.37. The second kappa shape index (κ2) is 7.32. The van der Waals surface area contributed by atoms with Gasteiger partial charge in [-0.15, -0.1) is 0 Å². The maximum atomic E-state index is 12.7. The Morgan fingerprint density at radius 2 is 2.15 bits per heavy atom. The molecule has 3 aromatic rings. The van der Waals surface area contributed by atoms with Gasteiger partial charge in [-0.25, -0.2) is 9.97 Å². The lowest BCUT2D eigenvalue weighted by molar-refractivity contribution is 0.282. The number of nitrogens with zero attached hydrogens (tertiary/aromatic N) is 5. The van der Waals surface area contributed by atoms with Crippen molar-refractivity contribution in [1.82, 2.24) is 24.9 Å². The molecular formula is C18H22N6O2S. The average Bonchev–Trinajstić information content (AvgIpc) is 3.12. The average molecular weight is 386 g/mol. The van der Waals surface area contributed by atoms with Gasteiger partial charge in [0.2, 0.25) is 0 Å². The van der Waals surface area contributed by atoms with Crippen molar-refractivity contribution in [2.24, 2.45) is 5.92 Å². The van der Waals surface area contributed by atoms with E-state index in [0.717, 1.165) is 29.7 Å². The minimum absolute atomic E-state index is 0.305. The van der Waals surface area contributed by atoms with E-state index < -0.39 is 11.2 Å². The van der Waals surface area contributed by atoms with Crippen molar-refractivity contribution in [3.8, 4) is 6.01 Å². The van der Waals surface area contributed by atoms with E-state index in [1.54, 1.807) is 12.5 Å². The lowest BCUT2D eigenvalue weighted by Crippen LogP contribution is -2.45. The first-order chi connectivity index (χ1) is 13.1. The highest BCUT2D eigenvalue weighted by molar-refractivity contribution is 7.91. The molecule has 27 heavy (non-hydrogen) atoms. The van der Waals surface area contributed by atoms with Gasteiger partial charge >= 0.3 is 6.01 Å². The van der Waals surface area contributed by atoms with Crippen LogP contribution in [0.2, 0.25) is 0 Å². The van der Waals surface area contributed by atoms with Crippen molar-refractivity contribution in [3.63, 3.8) is 0 Å². The summed E-state index contributed by atoms with van der Waals surface area (Å²) in [5, 5.41) is 1.03. The number of nitrogens with one attached hydrogen (secondary N) is 1. The minimum atomic E-state index is -1.10. The third-order valence-corrected chi connectivity index (χ3v) is 6.82. The van der Waals surface area contributed by atoms with E-state index in [-0.39, 0.29) is 0 Å². The Labute approximate surface area is 160 Å². The number of hydrogen-bond donors (Lipinski definition) is 1. The summed E-state index contributed by atoms with van der Waals surface area (Å²) in [4.78, 5) is 23.0. The van der Waals surface area contributed by atoms with E-state index in [1.165, 1.54) is 7.11 Å². The molecule has 9 heteroatoms. The number of rotatable bonds is 6. The fourth-order valence-corrected chi connectivity index (χ4v) is 4.95. The van der Waals surface area contributed by atoms with Gasteiger partial charge in [0.1, 0.15) is 23.5 Å². The van der Waals surface area contributed by atoms with Gasteiger partial charge in [-0.1, -0.05) is 0 Å². The summed E-state index contributed by atoms with van der Waals surface area (Å²) in [5.74, 6) is 1.98. The Hall–Kier alpha value is -2.39. The Morgan fingerprint density at radius 3 is 2.89 bits per heavy atom. The molecule has 3 heterocycles. The number of ether oxygens (including phenoxy) is 1. The molecule has 3 aromatic heterocycles. The molecule has 1 fully saturated rings. The summed E-state index contributed by atoms with van der Waals surface area (Å²) in [6, 6.07) is 2.70. The molecule has 0 amide bonds. The molecule has 1 atom stereocenters. The Bertz CT molecular complexity index is 943. The predicted octanol–water partition coefficient (Wildman–Crippen LogP) is 2.09. The number of H-pyrrole nitrogens is 1. The van der Waals surface area contributed by atoms with Crippen molar-refractivity contribution in [2.75, 3.05) is 24.8 Å². The van der Waals surface area contributed by atoms with Gasteiger partial charge in [-0.3, -0.25) is 0 Å². The molecule has 1 aliphatic rings. The molecule has 1 saturated carbocycles. The number of methoxy groups -OCH3 is 1. The van der Waals surface area contributed by atoms with Gasteiger partial charge in [-0.05, 0) is 37.0 Å². The van der Waals surface area contributed by atoms with Gasteiger partial charge < -0.3 is 19.2 Å². The summed E-state index contributed by atoms with van der Waals surface area (Å²) in [6.45, 7) is 1.84. The second-order valence-corrected chi connectivity index (χ2v) is 8.32. The van der Waals surface area contributed by atoms with Crippen molar-refractivity contribution in [3.05, 3.63) is 30.5 Å². The standard InChI is InChI=1S/C18H22N6O2S/c1-11-15(8-20-18(23-11)26-3)27(25)9-12-6-13(7-12)24(2)17-14-4-5-19-16(14)21-10-22-17/h4-5,8,10,12-13H,6-7,9H2,1-3H3,(H,19,21,22)/t12-,13+,27?. The lowest BCUT2D eigenvalue weighted by Gasteiger charge is -2.41. The molecule has 1 N–H and O–H groups in total. The van der Waals surface area contributed by atoms with E-state index in [4.69, 9.17) is 4.74 Å². The van der Waals surface area contributed by atoms with Crippen molar-refractivity contribution < 1.29 is 9.29 Å². The fourth-order valence-electron chi connectivity index (χ4n) is 3.53. The normalized spacial score (nSPS) is 20.3. The molecular weight excluding hydrogens is 364 g/mol. The van der Waals surface area contributed by atoms with Crippen LogP contribution < -0.4 is 9.64 Å². The van der Waals surface area contributed by atoms with E-state index in [0.29, 0.717) is 34.3 Å². The Kier molecular flexibility index (Phi) is 4.88. The first kappa shape index (κ1) is 18.0. The number of fused-ring (bicyclic) bond motifs is 1. The molecule has 142 valence electrons. The van der Waals surface area contributed by atoms with Crippen LogP contribution in [-0.2, 0) is 11.2 Å². The molecule has 0 bridgehead atoms. The molecule has 0 aliphatic heterocycles. The van der Waals surface area contributed by atoms with Crippen LogP contribution in [0.25, 0.3) is 11.0 Å². The van der Waals surface area contributed by atoms with Crippen molar-refractivity contribution >= 4 is 28.0 Å². The molecule has 1 aliphatic carbocycles. The molecule has 0 spiro atoms. The van der Waals surface area contributed by atoms with Gasteiger partial charge in [0.25, 0.3) is 0 Å². The number of hydrogen-bond acceptors (Lipinski definition) is 7. The summed E-state index contributed by atoms with van der Waals surface area (Å²) < 4.78 is 17.7. The molecule has 1 unspecified atom stereocenters. The maximum absolute atomic E-state index is 12.7. The van der Waals surface area contributed by atoms with Crippen molar-refractivity contribution in [1.29, 1.82) is 0 Å². The van der Waals surface area contributed by atoms with Crippen LogP contribution >= 0.6 is 0 Å². The van der Waals surface area contributed by atoms with E-state index in [2.05, 4.69) is 36.9 Å². The zero-order chi connectivity index (χ0) is 19.0. The quantitative estimate of drug-likeness (QED) is 0.647. The molecule has 4 rings (SSSR count). The highest BCUT2D eigenvalue weighted by atomic mass is 32.2.